The largest absolute Gasteiger partial charge is 0.489 e. The van der Waals surface area contributed by atoms with Gasteiger partial charge in [-0.05, 0) is 19.1 Å². The number of amides is 1. The molecule has 0 aliphatic heterocycles. The molecule has 0 aliphatic rings. The van der Waals surface area contributed by atoms with Crippen LogP contribution in [-0.4, -0.2) is 27.7 Å². The first kappa shape index (κ1) is 12.8. The van der Waals surface area contributed by atoms with Gasteiger partial charge in [0, 0.05) is 0 Å². The first-order chi connectivity index (χ1) is 9.20. The number of aromatic nitrogens is 3. The summed E-state index contributed by atoms with van der Waals surface area (Å²) in [4.78, 5) is 16.1. The van der Waals surface area contributed by atoms with E-state index in [1.165, 1.54) is 0 Å². The topological polar surface area (TPSA) is 79.9 Å². The van der Waals surface area contributed by atoms with E-state index in [9.17, 15) is 4.79 Å². The van der Waals surface area contributed by atoms with Crippen LogP contribution in [0.4, 0.5) is 5.95 Å². The van der Waals surface area contributed by atoms with Crippen molar-refractivity contribution in [1.29, 1.82) is 0 Å². The second-order valence-electron chi connectivity index (χ2n) is 3.79. The molecule has 19 heavy (non-hydrogen) atoms. The maximum Gasteiger partial charge on any atom is 0.261 e. The Labute approximate surface area is 110 Å². The highest BCUT2D eigenvalue weighted by Gasteiger charge is 2.13. The molecule has 0 aliphatic carbocycles. The first-order valence-electron chi connectivity index (χ1n) is 5.74. The molecule has 0 saturated carbocycles. The van der Waals surface area contributed by atoms with Crippen LogP contribution < -0.4 is 10.1 Å². The van der Waals surface area contributed by atoms with Gasteiger partial charge in [0.05, 0.1) is 5.56 Å². The molecule has 1 aromatic carbocycles. The van der Waals surface area contributed by atoms with Gasteiger partial charge in [-0.2, -0.15) is 4.98 Å². The third kappa shape index (κ3) is 3.19. The number of aryl methyl sites for hydroxylation is 1. The molecule has 98 valence electrons. The summed E-state index contributed by atoms with van der Waals surface area (Å²) in [5.41, 5.74) is 0.423. The molecule has 0 saturated heterocycles. The number of ether oxygens (including phenoxy) is 1. The Hall–Kier alpha value is -2.63. The fraction of sp³-hybridized carbons (Fsp3) is 0.154. The van der Waals surface area contributed by atoms with Crippen molar-refractivity contribution in [2.45, 2.75) is 6.92 Å². The van der Waals surface area contributed by atoms with Crippen molar-refractivity contribution in [2.75, 3.05) is 11.9 Å². The maximum absolute atomic E-state index is 12.1. The number of hydrogen-bond donors (Lipinski definition) is 2. The highest BCUT2D eigenvalue weighted by atomic mass is 16.5. The number of nitrogens with zero attached hydrogens (tertiary/aromatic N) is 2. The van der Waals surface area contributed by atoms with Crippen molar-refractivity contribution in [3.05, 3.63) is 48.3 Å². The molecule has 2 N–H and O–H groups in total. The number of carbonyl (C=O) groups is 1. The average molecular weight is 258 g/mol. The van der Waals surface area contributed by atoms with Crippen LogP contribution in [0.5, 0.6) is 5.75 Å². The molecule has 2 rings (SSSR count). The lowest BCUT2D eigenvalue weighted by Gasteiger charge is -2.08. The third-order valence-corrected chi connectivity index (χ3v) is 2.31. The predicted octanol–water partition coefficient (Wildman–Crippen LogP) is 1.93. The third-order valence-electron chi connectivity index (χ3n) is 2.31. The molecule has 6 nitrogen and oxygen atoms in total. The average Bonchev–Trinajstić information content (AvgIpc) is 2.82. The van der Waals surface area contributed by atoms with E-state index in [0.717, 1.165) is 0 Å². The zero-order chi connectivity index (χ0) is 13.7. The maximum atomic E-state index is 12.1. The quantitative estimate of drug-likeness (QED) is 0.803. The van der Waals surface area contributed by atoms with E-state index < -0.39 is 0 Å². The smallest absolute Gasteiger partial charge is 0.261 e. The van der Waals surface area contributed by atoms with E-state index in [0.29, 0.717) is 23.7 Å². The summed E-state index contributed by atoms with van der Waals surface area (Å²) in [6.07, 6.45) is 1.62. The number of nitrogens with one attached hydrogen (secondary N) is 2. The Morgan fingerprint density at radius 3 is 3.00 bits per heavy atom. The predicted molar refractivity (Wildman–Crippen MR) is 71.2 cm³/mol. The van der Waals surface area contributed by atoms with Gasteiger partial charge in [-0.3, -0.25) is 15.2 Å². The molecule has 0 fully saturated rings. The number of para-hydroxylation sites is 1. The molecule has 1 amide bonds. The molecule has 0 spiro atoms. The number of aromatic amines is 1. The lowest BCUT2D eigenvalue weighted by Crippen LogP contribution is -2.14. The SMILES string of the molecule is C=CCOc1ccccc1C(=O)Nc1n[nH]c(C)n1. The molecule has 0 atom stereocenters. The summed E-state index contributed by atoms with van der Waals surface area (Å²) in [6, 6.07) is 6.96. The molecule has 6 heteroatoms. The fourth-order valence-corrected chi connectivity index (χ4v) is 1.50. The van der Waals surface area contributed by atoms with Gasteiger partial charge >= 0.3 is 0 Å². The highest BCUT2D eigenvalue weighted by Crippen LogP contribution is 2.18. The van der Waals surface area contributed by atoms with Crippen LogP contribution in [0.15, 0.2) is 36.9 Å². The Morgan fingerprint density at radius 2 is 2.32 bits per heavy atom. The zero-order valence-electron chi connectivity index (χ0n) is 10.5. The van der Waals surface area contributed by atoms with Gasteiger partial charge in [-0.15, -0.1) is 5.10 Å². The van der Waals surface area contributed by atoms with Crippen molar-refractivity contribution in [3.63, 3.8) is 0 Å². The number of rotatable bonds is 5. The number of anilines is 1. The molecule has 2 aromatic rings. The summed E-state index contributed by atoms with van der Waals surface area (Å²) >= 11 is 0. The normalized spacial score (nSPS) is 9.95. The van der Waals surface area contributed by atoms with Gasteiger partial charge < -0.3 is 4.74 Å². The van der Waals surface area contributed by atoms with E-state index in [1.807, 2.05) is 0 Å². The summed E-state index contributed by atoms with van der Waals surface area (Å²) in [5, 5.41) is 9.10. The number of hydrogen-bond acceptors (Lipinski definition) is 4. The zero-order valence-corrected chi connectivity index (χ0v) is 10.5. The van der Waals surface area contributed by atoms with Crippen LogP contribution in [0.3, 0.4) is 0 Å². The van der Waals surface area contributed by atoms with Crippen molar-refractivity contribution in [1.82, 2.24) is 15.2 Å². The van der Waals surface area contributed by atoms with Gasteiger partial charge in [-0.25, -0.2) is 0 Å². The standard InChI is InChI=1S/C13H14N4O2/c1-3-8-19-11-7-5-4-6-10(11)12(18)15-13-14-9(2)16-17-13/h3-7H,1,8H2,2H3,(H2,14,15,16,17,18). The Balaban J connectivity index is 2.16. The molecular formula is C13H14N4O2. The number of carbonyl (C=O) groups excluding carboxylic acids is 1. The van der Waals surface area contributed by atoms with Gasteiger partial charge in [-0.1, -0.05) is 24.8 Å². The minimum Gasteiger partial charge on any atom is -0.489 e. The highest BCUT2D eigenvalue weighted by molar-refractivity contribution is 6.05. The number of benzene rings is 1. The van der Waals surface area contributed by atoms with Crippen LogP contribution in [0.1, 0.15) is 16.2 Å². The van der Waals surface area contributed by atoms with Gasteiger partial charge in [0.25, 0.3) is 5.91 Å². The molecular weight excluding hydrogens is 244 g/mol. The van der Waals surface area contributed by atoms with E-state index >= 15 is 0 Å². The van der Waals surface area contributed by atoms with Crippen molar-refractivity contribution in [2.24, 2.45) is 0 Å². The lowest BCUT2D eigenvalue weighted by molar-refractivity contribution is 0.102. The summed E-state index contributed by atoms with van der Waals surface area (Å²) in [7, 11) is 0. The van der Waals surface area contributed by atoms with Crippen LogP contribution in [0.25, 0.3) is 0 Å². The Bertz CT molecular complexity index is 592. The minimum absolute atomic E-state index is 0.237. The molecule has 0 bridgehead atoms. The Kier molecular flexibility index (Phi) is 3.92. The second kappa shape index (κ2) is 5.81. The van der Waals surface area contributed by atoms with Crippen molar-refractivity contribution in [3.8, 4) is 5.75 Å². The van der Waals surface area contributed by atoms with E-state index in [1.54, 1.807) is 37.3 Å². The van der Waals surface area contributed by atoms with Gasteiger partial charge in [0.2, 0.25) is 5.95 Å². The molecule has 0 radical (unpaired) electrons. The summed E-state index contributed by atoms with van der Waals surface area (Å²) < 4.78 is 5.42. The van der Waals surface area contributed by atoms with E-state index in [2.05, 4.69) is 27.1 Å². The molecule has 1 aromatic heterocycles. The Morgan fingerprint density at radius 1 is 1.53 bits per heavy atom. The molecule has 0 unspecified atom stereocenters. The van der Waals surface area contributed by atoms with Crippen molar-refractivity contribution >= 4 is 11.9 Å². The van der Waals surface area contributed by atoms with Crippen LogP contribution >= 0.6 is 0 Å². The minimum atomic E-state index is -0.321. The fourth-order valence-electron chi connectivity index (χ4n) is 1.50. The van der Waals surface area contributed by atoms with Crippen LogP contribution in [0.2, 0.25) is 0 Å². The first-order valence-corrected chi connectivity index (χ1v) is 5.74. The van der Waals surface area contributed by atoms with Crippen LogP contribution in [-0.2, 0) is 0 Å². The number of H-pyrrole nitrogens is 1. The van der Waals surface area contributed by atoms with Crippen LogP contribution in [0, 0.1) is 6.92 Å². The van der Waals surface area contributed by atoms with Gasteiger partial charge in [0.15, 0.2) is 0 Å². The monoisotopic (exact) mass is 258 g/mol. The summed E-state index contributed by atoms with van der Waals surface area (Å²) in [5.74, 6) is 1.04. The van der Waals surface area contributed by atoms with Crippen molar-refractivity contribution < 1.29 is 9.53 Å². The van der Waals surface area contributed by atoms with E-state index in [-0.39, 0.29) is 11.9 Å². The second-order valence-corrected chi connectivity index (χ2v) is 3.79. The molecule has 1 heterocycles. The van der Waals surface area contributed by atoms with E-state index in [4.69, 9.17) is 4.74 Å². The van der Waals surface area contributed by atoms with Gasteiger partial charge in [0.1, 0.15) is 18.2 Å². The lowest BCUT2D eigenvalue weighted by atomic mass is 10.2. The summed E-state index contributed by atoms with van der Waals surface area (Å²) in [6.45, 7) is 5.66.